The van der Waals surface area contributed by atoms with Gasteiger partial charge in [-0.3, -0.25) is 0 Å². The smallest absolute Gasteiger partial charge is 0.120 e. The molecule has 0 saturated heterocycles. The summed E-state index contributed by atoms with van der Waals surface area (Å²) in [4.78, 5) is 0. The number of nitrogens with two attached hydrogens (primary N) is 1. The maximum atomic E-state index is 5.52. The average Bonchev–Trinajstić information content (AvgIpc) is 2.05. The Morgan fingerprint density at radius 3 is 2.73 bits per heavy atom. The van der Waals surface area contributed by atoms with Crippen molar-refractivity contribution in [2.75, 3.05) is 19.2 Å². The molecule has 3 nitrogen and oxygen atoms in total. The van der Waals surface area contributed by atoms with Crippen LogP contribution in [0.2, 0.25) is 0 Å². The zero-order valence-corrected chi connectivity index (χ0v) is 6.74. The number of rotatable bonds is 2. The number of methoxy groups -OCH3 is 1. The molecule has 0 unspecified atom stereocenters. The van der Waals surface area contributed by atoms with E-state index in [1.165, 1.54) is 0 Å². The molecule has 0 amide bonds. The van der Waals surface area contributed by atoms with Crippen LogP contribution in [0, 0.1) is 0 Å². The summed E-state index contributed by atoms with van der Waals surface area (Å²) in [6.07, 6.45) is 0. The SMILES string of the molecule is COc1cccc(N(C)N)c1. The maximum Gasteiger partial charge on any atom is 0.120 e. The molecule has 0 saturated carbocycles. The molecule has 0 fully saturated rings. The van der Waals surface area contributed by atoms with Crippen molar-refractivity contribution < 1.29 is 4.74 Å². The summed E-state index contributed by atoms with van der Waals surface area (Å²) in [7, 11) is 3.42. The minimum atomic E-state index is 0.819. The first kappa shape index (κ1) is 7.88. The van der Waals surface area contributed by atoms with Gasteiger partial charge in [0, 0.05) is 13.1 Å². The van der Waals surface area contributed by atoms with Crippen molar-refractivity contribution in [1.29, 1.82) is 0 Å². The second-order valence-electron chi connectivity index (χ2n) is 2.31. The number of hydrogen-bond donors (Lipinski definition) is 1. The van der Waals surface area contributed by atoms with Crippen LogP contribution in [0.3, 0.4) is 0 Å². The molecule has 1 rings (SSSR count). The molecule has 1 aromatic carbocycles. The maximum absolute atomic E-state index is 5.52. The summed E-state index contributed by atoms with van der Waals surface area (Å²) in [5.74, 6) is 6.33. The van der Waals surface area contributed by atoms with E-state index in [1.807, 2.05) is 24.3 Å². The molecule has 0 bridgehead atoms. The molecule has 11 heavy (non-hydrogen) atoms. The molecule has 1 aromatic rings. The lowest BCUT2D eigenvalue weighted by Gasteiger charge is -2.12. The normalized spacial score (nSPS) is 9.36. The highest BCUT2D eigenvalue weighted by molar-refractivity contribution is 5.48. The highest BCUT2D eigenvalue weighted by Crippen LogP contribution is 2.17. The first-order valence-electron chi connectivity index (χ1n) is 3.36. The Hall–Kier alpha value is -1.22. The van der Waals surface area contributed by atoms with Gasteiger partial charge in [0.1, 0.15) is 5.75 Å². The van der Waals surface area contributed by atoms with Crippen LogP contribution in [0.25, 0.3) is 0 Å². The van der Waals surface area contributed by atoms with Crippen molar-refractivity contribution in [1.82, 2.24) is 0 Å². The fraction of sp³-hybridized carbons (Fsp3) is 0.250. The zero-order valence-electron chi connectivity index (χ0n) is 6.74. The quantitative estimate of drug-likeness (QED) is 0.507. The first-order valence-corrected chi connectivity index (χ1v) is 3.36. The van der Waals surface area contributed by atoms with Gasteiger partial charge in [-0.25, -0.2) is 5.84 Å². The molecule has 0 heterocycles. The Morgan fingerprint density at radius 1 is 1.45 bits per heavy atom. The zero-order chi connectivity index (χ0) is 8.27. The second kappa shape index (κ2) is 3.25. The van der Waals surface area contributed by atoms with E-state index in [0.29, 0.717) is 0 Å². The number of anilines is 1. The monoisotopic (exact) mass is 152 g/mol. The number of hydrogen-bond acceptors (Lipinski definition) is 3. The molecule has 0 atom stereocenters. The molecule has 0 aliphatic carbocycles. The summed E-state index contributed by atoms with van der Waals surface area (Å²) < 4.78 is 5.02. The van der Waals surface area contributed by atoms with Crippen LogP contribution in [0.15, 0.2) is 24.3 Å². The number of nitrogens with zero attached hydrogens (tertiary/aromatic N) is 1. The minimum Gasteiger partial charge on any atom is -0.497 e. The van der Waals surface area contributed by atoms with Gasteiger partial charge in [-0.05, 0) is 12.1 Å². The third-order valence-electron chi connectivity index (χ3n) is 1.46. The summed E-state index contributed by atoms with van der Waals surface area (Å²) in [5, 5.41) is 1.54. The second-order valence-corrected chi connectivity index (χ2v) is 2.31. The van der Waals surface area contributed by atoms with Gasteiger partial charge in [-0.1, -0.05) is 6.07 Å². The summed E-state index contributed by atoms with van der Waals surface area (Å²) >= 11 is 0. The van der Waals surface area contributed by atoms with Gasteiger partial charge in [0.05, 0.1) is 12.8 Å². The van der Waals surface area contributed by atoms with Crippen LogP contribution < -0.4 is 15.6 Å². The number of benzene rings is 1. The lowest BCUT2D eigenvalue weighted by Crippen LogP contribution is -2.24. The Labute approximate surface area is 66.3 Å². The molecule has 0 aliphatic heterocycles. The van der Waals surface area contributed by atoms with Gasteiger partial charge in [-0.15, -0.1) is 0 Å². The van der Waals surface area contributed by atoms with Gasteiger partial charge in [0.2, 0.25) is 0 Å². The van der Waals surface area contributed by atoms with E-state index < -0.39 is 0 Å². The van der Waals surface area contributed by atoms with Crippen LogP contribution in [0.5, 0.6) is 5.75 Å². The lowest BCUT2D eigenvalue weighted by atomic mass is 10.3. The Kier molecular flexibility index (Phi) is 2.33. The topological polar surface area (TPSA) is 38.5 Å². The number of ether oxygens (including phenoxy) is 1. The summed E-state index contributed by atoms with van der Waals surface area (Å²) in [6, 6.07) is 7.58. The van der Waals surface area contributed by atoms with Gasteiger partial charge >= 0.3 is 0 Å². The van der Waals surface area contributed by atoms with Crippen molar-refractivity contribution in [3.63, 3.8) is 0 Å². The Balaban J connectivity index is 2.91. The molecule has 0 aliphatic rings. The van der Waals surface area contributed by atoms with E-state index >= 15 is 0 Å². The lowest BCUT2D eigenvalue weighted by molar-refractivity contribution is 0.415. The predicted octanol–water partition coefficient (Wildman–Crippen LogP) is 1.01. The molecule has 0 aromatic heterocycles. The fourth-order valence-corrected chi connectivity index (χ4v) is 0.830. The van der Waals surface area contributed by atoms with Gasteiger partial charge in [-0.2, -0.15) is 0 Å². The fourth-order valence-electron chi connectivity index (χ4n) is 0.830. The molecule has 0 spiro atoms. The van der Waals surface area contributed by atoms with E-state index in [1.54, 1.807) is 19.2 Å². The van der Waals surface area contributed by atoms with Crippen LogP contribution in [-0.2, 0) is 0 Å². The molecule has 2 N–H and O–H groups in total. The Morgan fingerprint density at radius 2 is 2.18 bits per heavy atom. The van der Waals surface area contributed by atoms with Crippen LogP contribution in [0.4, 0.5) is 5.69 Å². The van der Waals surface area contributed by atoms with Crippen molar-refractivity contribution >= 4 is 5.69 Å². The molecule has 60 valence electrons. The van der Waals surface area contributed by atoms with Gasteiger partial charge in [0.25, 0.3) is 0 Å². The van der Waals surface area contributed by atoms with E-state index in [9.17, 15) is 0 Å². The summed E-state index contributed by atoms with van der Waals surface area (Å²) in [5.41, 5.74) is 0.935. The number of hydrazine groups is 1. The molecule has 3 heteroatoms. The summed E-state index contributed by atoms with van der Waals surface area (Å²) in [6.45, 7) is 0. The van der Waals surface area contributed by atoms with Crippen molar-refractivity contribution in [3.8, 4) is 5.75 Å². The third-order valence-corrected chi connectivity index (χ3v) is 1.46. The predicted molar refractivity (Wildman–Crippen MR) is 45.6 cm³/mol. The standard InChI is InChI=1S/C8H12N2O/c1-10(9)7-4-3-5-8(6-7)11-2/h3-6H,9H2,1-2H3. The molecular formula is C8H12N2O. The first-order chi connectivity index (χ1) is 5.24. The minimum absolute atomic E-state index is 0.819. The van der Waals surface area contributed by atoms with Gasteiger partial charge in [0.15, 0.2) is 0 Å². The van der Waals surface area contributed by atoms with Gasteiger partial charge < -0.3 is 9.75 Å². The molecule has 0 radical (unpaired) electrons. The highest BCUT2D eigenvalue weighted by atomic mass is 16.5. The van der Waals surface area contributed by atoms with Crippen molar-refractivity contribution in [2.45, 2.75) is 0 Å². The van der Waals surface area contributed by atoms with Crippen LogP contribution >= 0.6 is 0 Å². The highest BCUT2D eigenvalue weighted by Gasteiger charge is 1.95. The van der Waals surface area contributed by atoms with Crippen molar-refractivity contribution in [3.05, 3.63) is 24.3 Å². The third kappa shape index (κ3) is 1.85. The van der Waals surface area contributed by atoms with E-state index in [2.05, 4.69) is 0 Å². The van der Waals surface area contributed by atoms with Crippen molar-refractivity contribution in [2.24, 2.45) is 5.84 Å². The Bertz CT molecular complexity index is 235. The van der Waals surface area contributed by atoms with Crippen LogP contribution in [0.1, 0.15) is 0 Å². The largest absolute Gasteiger partial charge is 0.497 e. The van der Waals surface area contributed by atoms with E-state index in [-0.39, 0.29) is 0 Å². The average molecular weight is 152 g/mol. The van der Waals surface area contributed by atoms with E-state index in [4.69, 9.17) is 10.6 Å². The van der Waals surface area contributed by atoms with E-state index in [0.717, 1.165) is 11.4 Å². The molecular weight excluding hydrogens is 140 g/mol. The van der Waals surface area contributed by atoms with Crippen LogP contribution in [-0.4, -0.2) is 14.2 Å².